The molecule has 0 aromatic heterocycles. The topological polar surface area (TPSA) is 81.7 Å². The number of nitrogens with one attached hydrogen (secondary N) is 1. The molecule has 1 atom stereocenters. The van der Waals surface area contributed by atoms with E-state index in [1.54, 1.807) is 24.3 Å². The Hall–Kier alpha value is -1.76. The second-order valence-electron chi connectivity index (χ2n) is 4.86. The highest BCUT2D eigenvalue weighted by atomic mass is 32.2. The molecule has 1 saturated heterocycles. The molecule has 0 bridgehead atoms. The first-order chi connectivity index (χ1) is 9.98. The Bertz CT molecular complexity index is 582. The van der Waals surface area contributed by atoms with Gasteiger partial charge in [0.1, 0.15) is 11.5 Å². The average molecular weight is 313 g/mol. The van der Waals surface area contributed by atoms with Crippen molar-refractivity contribution >= 4 is 15.7 Å². The third kappa shape index (κ3) is 4.93. The summed E-state index contributed by atoms with van der Waals surface area (Å²) in [5.41, 5.74) is 0. The van der Waals surface area contributed by atoms with E-state index in [0.29, 0.717) is 18.8 Å². The molecule has 1 unspecified atom stereocenters. The molecule has 0 spiro atoms. The first kappa shape index (κ1) is 15.6. The summed E-state index contributed by atoms with van der Waals surface area (Å²) < 4.78 is 33.2. The lowest BCUT2D eigenvalue weighted by Crippen LogP contribution is -2.38. The van der Waals surface area contributed by atoms with Crippen molar-refractivity contribution in [2.75, 3.05) is 24.7 Å². The van der Waals surface area contributed by atoms with Gasteiger partial charge in [-0.3, -0.25) is 4.79 Å². The maximum absolute atomic E-state index is 11.7. The van der Waals surface area contributed by atoms with Crippen LogP contribution in [0.2, 0.25) is 0 Å². The van der Waals surface area contributed by atoms with E-state index in [0.717, 1.165) is 5.75 Å². The van der Waals surface area contributed by atoms with Gasteiger partial charge in [-0.2, -0.15) is 0 Å². The molecule has 1 aromatic carbocycles. The highest BCUT2D eigenvalue weighted by molar-refractivity contribution is 7.91. The summed E-state index contributed by atoms with van der Waals surface area (Å²) in [6.07, 6.45) is 0.469. The van der Waals surface area contributed by atoms with Gasteiger partial charge in [0.25, 0.3) is 5.91 Å². The molecule has 2 rings (SSSR count). The number of hydrogen-bond acceptors (Lipinski definition) is 5. The Morgan fingerprint density at radius 3 is 2.38 bits per heavy atom. The van der Waals surface area contributed by atoms with E-state index in [1.807, 2.05) is 6.92 Å². The van der Waals surface area contributed by atoms with Crippen molar-refractivity contribution in [1.29, 1.82) is 0 Å². The van der Waals surface area contributed by atoms with E-state index in [1.165, 1.54) is 0 Å². The smallest absolute Gasteiger partial charge is 0.258 e. The van der Waals surface area contributed by atoms with E-state index >= 15 is 0 Å². The molecule has 1 aliphatic rings. The van der Waals surface area contributed by atoms with Crippen LogP contribution < -0.4 is 14.8 Å². The van der Waals surface area contributed by atoms with Crippen molar-refractivity contribution < 1.29 is 22.7 Å². The standard InChI is InChI=1S/C14H19NO5S/c1-2-19-12-3-5-13(6-4-12)20-9-14(16)15-11-7-8-21(17,18)10-11/h3-6,11H,2,7-10H2,1H3,(H,15,16). The van der Waals surface area contributed by atoms with Crippen molar-refractivity contribution in [2.24, 2.45) is 0 Å². The van der Waals surface area contributed by atoms with E-state index in [2.05, 4.69) is 5.32 Å². The van der Waals surface area contributed by atoms with Crippen LogP contribution in [0.3, 0.4) is 0 Å². The molecule has 1 aliphatic heterocycles. The normalized spacial score (nSPS) is 20.0. The third-order valence-corrected chi connectivity index (χ3v) is 4.87. The molecule has 116 valence electrons. The molecule has 21 heavy (non-hydrogen) atoms. The summed E-state index contributed by atoms with van der Waals surface area (Å²) in [7, 11) is -2.99. The minimum Gasteiger partial charge on any atom is -0.494 e. The summed E-state index contributed by atoms with van der Waals surface area (Å²) in [6.45, 7) is 2.36. The highest BCUT2D eigenvalue weighted by Gasteiger charge is 2.28. The minimum absolute atomic E-state index is 0.0157. The molecular formula is C14H19NO5S. The summed E-state index contributed by atoms with van der Waals surface area (Å²) in [5.74, 6) is 1.14. The Morgan fingerprint density at radius 1 is 1.24 bits per heavy atom. The Balaban J connectivity index is 1.76. The van der Waals surface area contributed by atoms with Gasteiger partial charge >= 0.3 is 0 Å². The maximum Gasteiger partial charge on any atom is 0.258 e. The zero-order valence-electron chi connectivity index (χ0n) is 11.9. The summed E-state index contributed by atoms with van der Waals surface area (Å²) in [4.78, 5) is 11.7. The van der Waals surface area contributed by atoms with Crippen molar-refractivity contribution in [3.8, 4) is 11.5 Å². The van der Waals surface area contributed by atoms with Gasteiger partial charge in [0.15, 0.2) is 16.4 Å². The summed E-state index contributed by atoms with van der Waals surface area (Å²) in [5, 5.41) is 2.67. The van der Waals surface area contributed by atoms with Gasteiger partial charge in [-0.25, -0.2) is 8.42 Å². The number of ether oxygens (including phenoxy) is 2. The predicted octanol–water partition coefficient (Wildman–Crippen LogP) is 0.767. The van der Waals surface area contributed by atoms with Gasteiger partial charge in [0, 0.05) is 6.04 Å². The second-order valence-corrected chi connectivity index (χ2v) is 7.09. The molecule has 1 amide bonds. The number of sulfone groups is 1. The lowest BCUT2D eigenvalue weighted by atomic mass is 10.2. The molecule has 6 nitrogen and oxygen atoms in total. The van der Waals surface area contributed by atoms with Crippen molar-refractivity contribution in [2.45, 2.75) is 19.4 Å². The lowest BCUT2D eigenvalue weighted by molar-refractivity contribution is -0.123. The molecule has 1 fully saturated rings. The van der Waals surface area contributed by atoms with Gasteiger partial charge in [-0.05, 0) is 37.6 Å². The molecule has 0 aliphatic carbocycles. The first-order valence-electron chi connectivity index (χ1n) is 6.84. The van der Waals surface area contributed by atoms with E-state index in [-0.39, 0.29) is 30.1 Å². The first-order valence-corrected chi connectivity index (χ1v) is 8.66. The Morgan fingerprint density at radius 2 is 1.86 bits per heavy atom. The van der Waals surface area contributed by atoms with Crippen LogP contribution in [-0.4, -0.2) is 45.1 Å². The fourth-order valence-electron chi connectivity index (χ4n) is 2.13. The van der Waals surface area contributed by atoms with Gasteiger partial charge in [0.05, 0.1) is 18.1 Å². The van der Waals surface area contributed by atoms with Crippen LogP contribution in [0.4, 0.5) is 0 Å². The molecule has 7 heteroatoms. The van der Waals surface area contributed by atoms with Crippen LogP contribution in [0.15, 0.2) is 24.3 Å². The summed E-state index contributed by atoms with van der Waals surface area (Å²) in [6, 6.07) is 6.67. The SMILES string of the molecule is CCOc1ccc(OCC(=O)NC2CCS(=O)(=O)C2)cc1. The fraction of sp³-hybridized carbons (Fsp3) is 0.500. The van der Waals surface area contributed by atoms with Gasteiger partial charge in [-0.15, -0.1) is 0 Å². The molecule has 1 aromatic rings. The Labute approximate surface area is 124 Å². The van der Waals surface area contributed by atoms with Gasteiger partial charge in [0.2, 0.25) is 0 Å². The molecule has 1 heterocycles. The van der Waals surface area contributed by atoms with Crippen LogP contribution in [0.1, 0.15) is 13.3 Å². The van der Waals surface area contributed by atoms with Crippen LogP contribution in [0, 0.1) is 0 Å². The van der Waals surface area contributed by atoms with E-state index in [9.17, 15) is 13.2 Å². The van der Waals surface area contributed by atoms with Crippen molar-refractivity contribution in [3.05, 3.63) is 24.3 Å². The van der Waals surface area contributed by atoms with Crippen LogP contribution >= 0.6 is 0 Å². The number of amides is 1. The summed E-state index contributed by atoms with van der Waals surface area (Å²) >= 11 is 0. The maximum atomic E-state index is 11.7. The number of hydrogen-bond donors (Lipinski definition) is 1. The molecule has 0 saturated carbocycles. The number of rotatable bonds is 6. The minimum atomic E-state index is -2.99. The Kier molecular flexibility index (Phi) is 5.06. The molecule has 0 radical (unpaired) electrons. The fourth-order valence-corrected chi connectivity index (χ4v) is 3.80. The van der Waals surface area contributed by atoms with Gasteiger partial charge in [-0.1, -0.05) is 0 Å². The zero-order valence-corrected chi connectivity index (χ0v) is 12.7. The molecule has 1 N–H and O–H groups in total. The quantitative estimate of drug-likeness (QED) is 0.839. The van der Waals surface area contributed by atoms with Crippen LogP contribution in [-0.2, 0) is 14.6 Å². The zero-order chi connectivity index (χ0) is 15.3. The average Bonchev–Trinajstić information content (AvgIpc) is 2.77. The predicted molar refractivity (Wildman–Crippen MR) is 78.3 cm³/mol. The highest BCUT2D eigenvalue weighted by Crippen LogP contribution is 2.17. The van der Waals surface area contributed by atoms with Crippen molar-refractivity contribution in [1.82, 2.24) is 5.32 Å². The lowest BCUT2D eigenvalue weighted by Gasteiger charge is -2.12. The van der Waals surface area contributed by atoms with Crippen molar-refractivity contribution in [3.63, 3.8) is 0 Å². The monoisotopic (exact) mass is 313 g/mol. The third-order valence-electron chi connectivity index (χ3n) is 3.10. The van der Waals surface area contributed by atoms with Crippen LogP contribution in [0.25, 0.3) is 0 Å². The second kappa shape index (κ2) is 6.80. The number of benzene rings is 1. The van der Waals surface area contributed by atoms with E-state index < -0.39 is 9.84 Å². The largest absolute Gasteiger partial charge is 0.494 e. The molecular weight excluding hydrogens is 294 g/mol. The number of carbonyl (C=O) groups excluding carboxylic acids is 1. The van der Waals surface area contributed by atoms with Crippen LogP contribution in [0.5, 0.6) is 11.5 Å². The number of carbonyl (C=O) groups is 1. The van der Waals surface area contributed by atoms with Gasteiger partial charge < -0.3 is 14.8 Å². The van der Waals surface area contributed by atoms with E-state index in [4.69, 9.17) is 9.47 Å².